The highest BCUT2D eigenvalue weighted by atomic mass is 79.9. The number of thioether (sulfide) groups is 1. The molecule has 4 rings (SSSR count). The minimum absolute atomic E-state index is 0.179. The number of ether oxygens (including phenoxy) is 2. The van der Waals surface area contributed by atoms with Gasteiger partial charge in [-0.1, -0.05) is 23.7 Å². The maximum absolute atomic E-state index is 13.1. The Labute approximate surface area is 224 Å². The molecule has 1 heterocycles. The summed E-state index contributed by atoms with van der Waals surface area (Å²) in [5.74, 6) is -0.433. The highest BCUT2D eigenvalue weighted by Gasteiger charge is 2.36. The van der Waals surface area contributed by atoms with Crippen LogP contribution in [0.25, 0.3) is 6.08 Å². The molecule has 0 bridgehead atoms. The standard InChI is InChI=1S/C26H18BrClFNO5S/c1-34-22-11-16(10-20(27)24(22)35-14-15-2-8-19(29)9-3-15)12-23-25(32)30(26(33)36-23)13-21(31)17-4-6-18(28)7-5-17/h2-12H,13-14H2,1H3/b23-12+. The van der Waals surface area contributed by atoms with Crippen molar-refractivity contribution in [3.8, 4) is 11.5 Å². The predicted octanol–water partition coefficient (Wildman–Crippen LogP) is 6.75. The van der Waals surface area contributed by atoms with Crippen LogP contribution in [0.2, 0.25) is 5.02 Å². The molecule has 0 N–H and O–H groups in total. The summed E-state index contributed by atoms with van der Waals surface area (Å²) in [6, 6.07) is 15.6. The second-order valence-corrected chi connectivity index (χ2v) is 9.93. The number of ketones is 1. The van der Waals surface area contributed by atoms with E-state index in [-0.39, 0.29) is 29.7 Å². The SMILES string of the molecule is COc1cc(/C=C2/SC(=O)N(CC(=O)c3ccc(Cl)cc3)C2=O)cc(Br)c1OCc1ccc(F)cc1. The topological polar surface area (TPSA) is 72.9 Å². The average molecular weight is 591 g/mol. The fourth-order valence-electron chi connectivity index (χ4n) is 3.36. The van der Waals surface area contributed by atoms with Gasteiger partial charge in [-0.05, 0) is 93.4 Å². The number of methoxy groups -OCH3 is 1. The largest absolute Gasteiger partial charge is 0.493 e. The highest BCUT2D eigenvalue weighted by molar-refractivity contribution is 9.10. The predicted molar refractivity (Wildman–Crippen MR) is 140 cm³/mol. The number of hydrogen-bond donors (Lipinski definition) is 0. The van der Waals surface area contributed by atoms with E-state index >= 15 is 0 Å². The van der Waals surface area contributed by atoms with Crippen molar-refractivity contribution in [3.63, 3.8) is 0 Å². The number of carbonyl (C=O) groups is 3. The van der Waals surface area contributed by atoms with Crippen molar-refractivity contribution >= 4 is 62.3 Å². The molecule has 0 unspecified atom stereocenters. The molecule has 6 nitrogen and oxygen atoms in total. The molecule has 0 saturated carbocycles. The van der Waals surface area contributed by atoms with Crippen molar-refractivity contribution in [1.29, 1.82) is 0 Å². The van der Waals surface area contributed by atoms with E-state index in [1.165, 1.54) is 19.2 Å². The van der Waals surface area contributed by atoms with Crippen LogP contribution < -0.4 is 9.47 Å². The first-order chi connectivity index (χ1) is 17.2. The van der Waals surface area contributed by atoms with Crippen LogP contribution in [0.5, 0.6) is 11.5 Å². The van der Waals surface area contributed by atoms with Crippen LogP contribution in [0.4, 0.5) is 9.18 Å². The van der Waals surface area contributed by atoms with E-state index in [1.807, 2.05) is 0 Å². The Bertz CT molecular complexity index is 1360. The molecule has 1 fully saturated rings. The van der Waals surface area contributed by atoms with Gasteiger partial charge in [-0.2, -0.15) is 0 Å². The molecule has 3 aromatic carbocycles. The van der Waals surface area contributed by atoms with Crippen molar-refractivity contribution in [2.45, 2.75) is 6.61 Å². The van der Waals surface area contributed by atoms with Crippen LogP contribution >= 0.6 is 39.3 Å². The van der Waals surface area contributed by atoms with Crippen LogP contribution in [-0.4, -0.2) is 35.5 Å². The molecule has 10 heteroatoms. The Morgan fingerprint density at radius 2 is 1.81 bits per heavy atom. The first kappa shape index (κ1) is 25.9. The summed E-state index contributed by atoms with van der Waals surface area (Å²) in [5.41, 5.74) is 1.71. The van der Waals surface area contributed by atoms with Gasteiger partial charge in [0.15, 0.2) is 17.3 Å². The molecule has 0 aromatic heterocycles. The molecule has 0 spiro atoms. The summed E-state index contributed by atoms with van der Waals surface area (Å²) in [6.45, 7) is -0.179. The first-order valence-corrected chi connectivity index (χ1v) is 12.5. The minimum atomic E-state index is -0.556. The van der Waals surface area contributed by atoms with Crippen molar-refractivity contribution in [2.75, 3.05) is 13.7 Å². The number of halogens is 3. The molecule has 0 radical (unpaired) electrons. The number of Topliss-reactive ketones (excluding diaryl/α,β-unsaturated/α-hetero) is 1. The summed E-state index contributed by atoms with van der Waals surface area (Å²) in [7, 11) is 1.48. The molecule has 0 atom stereocenters. The number of nitrogens with zero attached hydrogens (tertiary/aromatic N) is 1. The molecule has 1 saturated heterocycles. The van der Waals surface area contributed by atoms with Gasteiger partial charge in [-0.15, -0.1) is 0 Å². The number of rotatable bonds is 8. The van der Waals surface area contributed by atoms with E-state index in [4.69, 9.17) is 21.1 Å². The lowest BCUT2D eigenvalue weighted by molar-refractivity contribution is -0.122. The smallest absolute Gasteiger partial charge is 0.293 e. The van der Waals surface area contributed by atoms with Gasteiger partial charge in [0.2, 0.25) is 0 Å². The molecule has 36 heavy (non-hydrogen) atoms. The van der Waals surface area contributed by atoms with Crippen molar-refractivity contribution in [2.24, 2.45) is 0 Å². The van der Waals surface area contributed by atoms with Crippen molar-refractivity contribution in [3.05, 3.63) is 97.6 Å². The summed E-state index contributed by atoms with van der Waals surface area (Å²) < 4.78 is 25.0. The van der Waals surface area contributed by atoms with Crippen molar-refractivity contribution in [1.82, 2.24) is 4.90 Å². The molecule has 0 aliphatic carbocycles. The zero-order chi connectivity index (χ0) is 25.8. The molecular weight excluding hydrogens is 573 g/mol. The molecule has 1 aliphatic rings. The Morgan fingerprint density at radius 3 is 2.47 bits per heavy atom. The Kier molecular flexibility index (Phi) is 8.13. The number of carbonyl (C=O) groups excluding carboxylic acids is 3. The monoisotopic (exact) mass is 589 g/mol. The molecule has 184 valence electrons. The van der Waals surface area contributed by atoms with Gasteiger partial charge in [0.05, 0.1) is 23.0 Å². The second-order valence-electron chi connectivity index (χ2n) is 7.65. The molecule has 3 aromatic rings. The fourth-order valence-corrected chi connectivity index (χ4v) is 4.90. The highest BCUT2D eigenvalue weighted by Crippen LogP contribution is 2.39. The third-order valence-electron chi connectivity index (χ3n) is 5.19. The number of hydrogen-bond acceptors (Lipinski definition) is 6. The quantitative estimate of drug-likeness (QED) is 0.214. The Morgan fingerprint density at radius 1 is 1.11 bits per heavy atom. The minimum Gasteiger partial charge on any atom is -0.493 e. The average Bonchev–Trinajstić information content (AvgIpc) is 3.11. The van der Waals surface area contributed by atoms with Crippen LogP contribution in [0.1, 0.15) is 21.5 Å². The zero-order valence-corrected chi connectivity index (χ0v) is 22.0. The summed E-state index contributed by atoms with van der Waals surface area (Å²) >= 11 is 10.1. The third kappa shape index (κ3) is 5.98. The van der Waals surface area contributed by atoms with E-state index in [0.29, 0.717) is 32.1 Å². The van der Waals surface area contributed by atoms with E-state index in [1.54, 1.807) is 54.6 Å². The fraction of sp³-hybridized carbons (Fsp3) is 0.115. The van der Waals surface area contributed by atoms with E-state index in [2.05, 4.69) is 15.9 Å². The maximum Gasteiger partial charge on any atom is 0.293 e. The van der Waals surface area contributed by atoms with Gasteiger partial charge in [0, 0.05) is 10.6 Å². The first-order valence-electron chi connectivity index (χ1n) is 10.5. The van der Waals surface area contributed by atoms with Crippen molar-refractivity contribution < 1.29 is 28.2 Å². The molecule has 1 aliphatic heterocycles. The van der Waals surface area contributed by atoms with E-state index in [9.17, 15) is 18.8 Å². The van der Waals surface area contributed by atoms with Gasteiger partial charge < -0.3 is 9.47 Å². The lowest BCUT2D eigenvalue weighted by atomic mass is 10.1. The maximum atomic E-state index is 13.1. The normalized spacial score (nSPS) is 14.4. The Balaban J connectivity index is 1.50. The summed E-state index contributed by atoms with van der Waals surface area (Å²) in [6.07, 6.45) is 1.55. The van der Waals surface area contributed by atoms with Crippen LogP contribution in [-0.2, 0) is 11.4 Å². The van der Waals surface area contributed by atoms with Gasteiger partial charge in [-0.3, -0.25) is 19.3 Å². The number of imide groups is 1. The number of benzene rings is 3. The lowest BCUT2D eigenvalue weighted by Crippen LogP contribution is -2.33. The van der Waals surface area contributed by atoms with Gasteiger partial charge in [-0.25, -0.2) is 4.39 Å². The van der Waals surface area contributed by atoms with Gasteiger partial charge in [0.1, 0.15) is 12.4 Å². The second kappa shape index (κ2) is 11.3. The Hall–Kier alpha value is -3.14. The van der Waals surface area contributed by atoms with Crippen LogP contribution in [0, 0.1) is 5.82 Å². The third-order valence-corrected chi connectivity index (χ3v) is 6.94. The molecular formula is C26H18BrClFNO5S. The van der Waals surface area contributed by atoms with Gasteiger partial charge in [0.25, 0.3) is 11.1 Å². The van der Waals surface area contributed by atoms with E-state index < -0.39 is 11.1 Å². The van der Waals surface area contributed by atoms with Crippen LogP contribution in [0.3, 0.4) is 0 Å². The summed E-state index contributed by atoms with van der Waals surface area (Å²) in [5, 5.41) is -0.0482. The summed E-state index contributed by atoms with van der Waals surface area (Å²) in [4.78, 5) is 39.0. The number of amides is 2. The lowest BCUT2D eigenvalue weighted by Gasteiger charge is -2.14. The van der Waals surface area contributed by atoms with E-state index in [0.717, 1.165) is 22.2 Å². The van der Waals surface area contributed by atoms with Gasteiger partial charge >= 0.3 is 0 Å². The molecule has 2 amide bonds. The van der Waals surface area contributed by atoms with Crippen LogP contribution in [0.15, 0.2) is 70.0 Å². The zero-order valence-electron chi connectivity index (χ0n) is 18.8.